The van der Waals surface area contributed by atoms with Crippen molar-refractivity contribution >= 4 is 17.7 Å². The summed E-state index contributed by atoms with van der Waals surface area (Å²) in [7, 11) is 0. The molecular weight excluding hydrogens is 404 g/mol. The lowest BCUT2D eigenvalue weighted by atomic mass is 9.98. The van der Waals surface area contributed by atoms with Crippen LogP contribution in [0.4, 0.5) is 10.5 Å². The molecule has 0 bridgehead atoms. The number of carbonyl (C=O) groups excluding carboxylic acids is 2. The van der Waals surface area contributed by atoms with E-state index < -0.39 is 11.7 Å². The Morgan fingerprint density at radius 2 is 1.53 bits per heavy atom. The van der Waals surface area contributed by atoms with Crippen LogP contribution in [0.2, 0.25) is 0 Å². The van der Waals surface area contributed by atoms with Crippen LogP contribution in [-0.4, -0.2) is 55.3 Å². The standard InChI is InChI=1S/C26H24N2O4/c29-24(23-14-8-7-13-22(23)20-9-3-1-4-10-20)27-15-16-31-19-26(17-27)18-28(25(30)32-26)21-11-5-2-6-12-21/h1-14H,15-19H2. The van der Waals surface area contributed by atoms with Gasteiger partial charge in [0.1, 0.15) is 0 Å². The first-order valence-electron chi connectivity index (χ1n) is 10.7. The average Bonchev–Trinajstić information content (AvgIpc) is 3.03. The van der Waals surface area contributed by atoms with Crippen molar-refractivity contribution in [1.29, 1.82) is 0 Å². The summed E-state index contributed by atoms with van der Waals surface area (Å²) in [5.41, 5.74) is 2.36. The van der Waals surface area contributed by atoms with Crippen LogP contribution in [0.25, 0.3) is 11.1 Å². The molecule has 32 heavy (non-hydrogen) atoms. The van der Waals surface area contributed by atoms with E-state index in [1.54, 1.807) is 9.80 Å². The fraction of sp³-hybridized carbons (Fsp3) is 0.231. The molecular formula is C26H24N2O4. The summed E-state index contributed by atoms with van der Waals surface area (Å²) in [6.07, 6.45) is -0.418. The second kappa shape index (κ2) is 8.48. The van der Waals surface area contributed by atoms with Gasteiger partial charge in [0.25, 0.3) is 5.91 Å². The predicted molar refractivity (Wildman–Crippen MR) is 122 cm³/mol. The summed E-state index contributed by atoms with van der Waals surface area (Å²) >= 11 is 0. The average molecular weight is 428 g/mol. The zero-order valence-electron chi connectivity index (χ0n) is 17.6. The first-order chi connectivity index (χ1) is 15.7. The normalized spacial score (nSPS) is 20.8. The Hall–Kier alpha value is -3.64. The van der Waals surface area contributed by atoms with Crippen LogP contribution in [0.15, 0.2) is 84.9 Å². The lowest BCUT2D eigenvalue weighted by molar-refractivity contribution is -0.0140. The van der Waals surface area contributed by atoms with Gasteiger partial charge in [-0.25, -0.2) is 4.79 Å². The van der Waals surface area contributed by atoms with E-state index in [0.29, 0.717) is 25.3 Å². The van der Waals surface area contributed by atoms with Crippen LogP contribution >= 0.6 is 0 Å². The maximum atomic E-state index is 13.6. The van der Waals surface area contributed by atoms with Crippen molar-refractivity contribution in [2.75, 3.05) is 37.7 Å². The maximum Gasteiger partial charge on any atom is 0.415 e. The maximum absolute atomic E-state index is 13.6. The molecule has 1 spiro atoms. The third-order valence-electron chi connectivity index (χ3n) is 5.92. The number of hydrogen-bond acceptors (Lipinski definition) is 4. The molecule has 1 unspecified atom stereocenters. The van der Waals surface area contributed by atoms with Crippen LogP contribution in [0.5, 0.6) is 0 Å². The van der Waals surface area contributed by atoms with Crippen LogP contribution < -0.4 is 4.90 Å². The van der Waals surface area contributed by atoms with Gasteiger partial charge in [-0.05, 0) is 29.3 Å². The second-order valence-electron chi connectivity index (χ2n) is 8.16. The second-order valence-corrected chi connectivity index (χ2v) is 8.16. The number of para-hydroxylation sites is 1. The van der Waals surface area contributed by atoms with Gasteiger partial charge in [0.2, 0.25) is 0 Å². The Morgan fingerprint density at radius 1 is 0.844 bits per heavy atom. The van der Waals surface area contributed by atoms with Gasteiger partial charge in [-0.2, -0.15) is 0 Å². The number of nitrogens with zero attached hydrogens (tertiary/aromatic N) is 2. The molecule has 6 nitrogen and oxygen atoms in total. The van der Waals surface area contributed by atoms with Crippen molar-refractivity contribution in [1.82, 2.24) is 4.90 Å². The van der Waals surface area contributed by atoms with Gasteiger partial charge >= 0.3 is 6.09 Å². The summed E-state index contributed by atoms with van der Waals surface area (Å²) in [6.45, 7) is 1.70. The number of rotatable bonds is 3. The molecule has 2 aliphatic rings. The fourth-order valence-electron chi connectivity index (χ4n) is 4.38. The number of amides is 2. The predicted octanol–water partition coefficient (Wildman–Crippen LogP) is 4.22. The number of anilines is 1. The molecule has 2 aliphatic heterocycles. The molecule has 2 saturated heterocycles. The molecule has 2 fully saturated rings. The van der Waals surface area contributed by atoms with E-state index in [-0.39, 0.29) is 19.1 Å². The van der Waals surface area contributed by atoms with Gasteiger partial charge in [-0.15, -0.1) is 0 Å². The third kappa shape index (κ3) is 3.85. The molecule has 3 aromatic carbocycles. The Balaban J connectivity index is 1.42. The highest BCUT2D eigenvalue weighted by Gasteiger charge is 2.49. The molecule has 0 aliphatic carbocycles. The van der Waals surface area contributed by atoms with Crippen molar-refractivity contribution in [3.63, 3.8) is 0 Å². The Morgan fingerprint density at radius 3 is 2.31 bits per heavy atom. The Kier molecular flexibility index (Phi) is 5.37. The molecule has 5 rings (SSSR count). The van der Waals surface area contributed by atoms with Gasteiger partial charge in [0, 0.05) is 17.8 Å². The topological polar surface area (TPSA) is 59.1 Å². The van der Waals surface area contributed by atoms with E-state index >= 15 is 0 Å². The van der Waals surface area contributed by atoms with E-state index in [2.05, 4.69) is 0 Å². The van der Waals surface area contributed by atoms with E-state index in [0.717, 1.165) is 16.8 Å². The molecule has 0 radical (unpaired) electrons. The SMILES string of the molecule is O=C(c1ccccc1-c1ccccc1)N1CCOCC2(C1)CN(c1ccccc1)C(=O)O2. The van der Waals surface area contributed by atoms with Crippen molar-refractivity contribution in [2.24, 2.45) is 0 Å². The van der Waals surface area contributed by atoms with Crippen molar-refractivity contribution in [3.8, 4) is 11.1 Å². The third-order valence-corrected chi connectivity index (χ3v) is 5.92. The van der Waals surface area contributed by atoms with Gasteiger partial charge in [0.05, 0.1) is 26.3 Å². The van der Waals surface area contributed by atoms with Gasteiger partial charge in [-0.1, -0.05) is 66.7 Å². The Bertz CT molecular complexity index is 1120. The highest BCUT2D eigenvalue weighted by atomic mass is 16.6. The number of ether oxygens (including phenoxy) is 2. The monoisotopic (exact) mass is 428 g/mol. The van der Waals surface area contributed by atoms with Gasteiger partial charge in [0.15, 0.2) is 5.60 Å². The molecule has 0 aromatic heterocycles. The molecule has 0 saturated carbocycles. The molecule has 162 valence electrons. The Labute approximate surface area is 187 Å². The highest BCUT2D eigenvalue weighted by Crippen LogP contribution is 2.32. The molecule has 3 aromatic rings. The number of benzene rings is 3. The van der Waals surface area contributed by atoms with Crippen LogP contribution in [0.3, 0.4) is 0 Å². The molecule has 0 N–H and O–H groups in total. The van der Waals surface area contributed by atoms with E-state index in [1.807, 2.05) is 84.9 Å². The van der Waals surface area contributed by atoms with E-state index in [9.17, 15) is 9.59 Å². The molecule has 6 heteroatoms. The van der Waals surface area contributed by atoms with Crippen molar-refractivity contribution < 1.29 is 19.1 Å². The number of hydrogen-bond donors (Lipinski definition) is 0. The summed E-state index contributed by atoms with van der Waals surface area (Å²) in [5, 5.41) is 0. The molecule has 2 amide bonds. The zero-order chi connectivity index (χ0) is 22.0. The first-order valence-corrected chi connectivity index (χ1v) is 10.7. The number of carbonyl (C=O) groups is 2. The summed E-state index contributed by atoms with van der Waals surface area (Å²) in [5.74, 6) is -0.0939. The first kappa shape index (κ1) is 20.3. The lowest BCUT2D eigenvalue weighted by Gasteiger charge is -2.30. The molecule has 1 atom stereocenters. The minimum Gasteiger partial charge on any atom is -0.436 e. The van der Waals surface area contributed by atoms with Gasteiger partial charge < -0.3 is 14.4 Å². The lowest BCUT2D eigenvalue weighted by Crippen LogP contribution is -2.49. The van der Waals surface area contributed by atoms with Gasteiger partial charge in [-0.3, -0.25) is 9.69 Å². The largest absolute Gasteiger partial charge is 0.436 e. The summed E-state index contributed by atoms with van der Waals surface area (Å²) in [4.78, 5) is 29.7. The van der Waals surface area contributed by atoms with Crippen LogP contribution in [0, 0.1) is 0 Å². The minimum atomic E-state index is -0.902. The fourth-order valence-corrected chi connectivity index (χ4v) is 4.38. The van der Waals surface area contributed by atoms with Crippen molar-refractivity contribution in [3.05, 3.63) is 90.5 Å². The quantitative estimate of drug-likeness (QED) is 0.627. The van der Waals surface area contributed by atoms with Crippen molar-refractivity contribution in [2.45, 2.75) is 5.60 Å². The summed E-state index contributed by atoms with van der Waals surface area (Å²) in [6, 6.07) is 26.9. The van der Waals surface area contributed by atoms with Crippen LogP contribution in [0.1, 0.15) is 10.4 Å². The smallest absolute Gasteiger partial charge is 0.415 e. The highest BCUT2D eigenvalue weighted by molar-refractivity contribution is 6.01. The molecule has 2 heterocycles. The van der Waals surface area contributed by atoms with Crippen LogP contribution in [-0.2, 0) is 9.47 Å². The van der Waals surface area contributed by atoms with E-state index in [1.165, 1.54) is 0 Å². The van der Waals surface area contributed by atoms with E-state index in [4.69, 9.17) is 9.47 Å². The summed E-state index contributed by atoms with van der Waals surface area (Å²) < 4.78 is 11.6. The minimum absolute atomic E-state index is 0.0939. The zero-order valence-corrected chi connectivity index (χ0v) is 17.6.